The second-order valence-corrected chi connectivity index (χ2v) is 6.75. The van der Waals surface area contributed by atoms with Crippen molar-refractivity contribution in [2.45, 2.75) is 11.8 Å². The van der Waals surface area contributed by atoms with Gasteiger partial charge in [0.1, 0.15) is 4.90 Å². The highest BCUT2D eigenvalue weighted by atomic mass is 35.5. The first-order valence-corrected chi connectivity index (χ1v) is 7.99. The number of benzene rings is 2. The summed E-state index contributed by atoms with van der Waals surface area (Å²) in [6, 6.07) is 7.19. The topological polar surface area (TPSA) is 72.2 Å². The Morgan fingerprint density at radius 1 is 1.19 bits per heavy atom. The lowest BCUT2D eigenvalue weighted by Gasteiger charge is -2.14. The van der Waals surface area contributed by atoms with Crippen LogP contribution in [0.3, 0.4) is 0 Å². The van der Waals surface area contributed by atoms with E-state index in [0.29, 0.717) is 5.56 Å². The van der Waals surface area contributed by atoms with Gasteiger partial charge < -0.3 is 5.73 Å². The van der Waals surface area contributed by atoms with Crippen LogP contribution in [-0.4, -0.2) is 8.42 Å². The first-order chi connectivity index (χ1) is 9.74. The number of nitrogens with one attached hydrogen (secondary N) is 1. The standard InChI is InChI=1S/C13H11Cl2FN2O2S/c1-7-3-2-4-9(17)13(7)18-21(19,20)10-6-5-8(14)12(16)11(10)15/h2-6,18H,17H2,1H3. The molecule has 2 aromatic carbocycles. The summed E-state index contributed by atoms with van der Waals surface area (Å²) >= 11 is 11.3. The molecule has 0 radical (unpaired) electrons. The predicted octanol–water partition coefficient (Wildman–Crippen LogP) is 3.82. The third-order valence-corrected chi connectivity index (χ3v) is 5.00. The Bertz CT molecular complexity index is 790. The fourth-order valence-corrected chi connectivity index (χ4v) is 3.64. The van der Waals surface area contributed by atoms with Gasteiger partial charge in [0.25, 0.3) is 10.0 Å². The van der Waals surface area contributed by atoms with E-state index in [2.05, 4.69) is 4.72 Å². The Morgan fingerprint density at radius 2 is 1.86 bits per heavy atom. The zero-order valence-corrected chi connectivity index (χ0v) is 13.2. The average molecular weight is 349 g/mol. The predicted molar refractivity (Wildman–Crippen MR) is 82.8 cm³/mol. The van der Waals surface area contributed by atoms with Crippen LogP contribution >= 0.6 is 23.2 Å². The van der Waals surface area contributed by atoms with Crippen LogP contribution in [0, 0.1) is 12.7 Å². The molecule has 2 rings (SSSR count). The molecule has 0 saturated carbocycles. The third-order valence-electron chi connectivity index (χ3n) is 2.83. The number of anilines is 2. The summed E-state index contributed by atoms with van der Waals surface area (Å²) in [5.74, 6) is -0.987. The Balaban J connectivity index is 2.52. The molecule has 0 aliphatic carbocycles. The number of hydrogen-bond donors (Lipinski definition) is 2. The number of para-hydroxylation sites is 1. The van der Waals surface area contributed by atoms with Crippen LogP contribution in [-0.2, 0) is 10.0 Å². The van der Waals surface area contributed by atoms with Crippen molar-refractivity contribution in [3.8, 4) is 0 Å². The molecule has 2 aromatic rings. The SMILES string of the molecule is Cc1cccc(N)c1NS(=O)(=O)c1ccc(Cl)c(F)c1Cl. The van der Waals surface area contributed by atoms with Gasteiger partial charge in [-0.25, -0.2) is 12.8 Å². The Morgan fingerprint density at radius 3 is 2.48 bits per heavy atom. The molecular formula is C13H11Cl2FN2O2S. The number of hydrogen-bond acceptors (Lipinski definition) is 3. The Hall–Kier alpha value is -1.50. The molecule has 0 aliphatic heterocycles. The summed E-state index contributed by atoms with van der Waals surface area (Å²) < 4.78 is 40.6. The molecule has 4 nitrogen and oxygen atoms in total. The van der Waals surface area contributed by atoms with Gasteiger partial charge in [-0.15, -0.1) is 0 Å². The quantitative estimate of drug-likeness (QED) is 0.654. The minimum atomic E-state index is -4.09. The lowest BCUT2D eigenvalue weighted by atomic mass is 10.2. The van der Waals surface area contributed by atoms with Gasteiger partial charge in [0, 0.05) is 0 Å². The van der Waals surface area contributed by atoms with Gasteiger partial charge >= 0.3 is 0 Å². The van der Waals surface area contributed by atoms with E-state index < -0.39 is 25.8 Å². The number of aryl methyl sites for hydroxylation is 1. The highest BCUT2D eigenvalue weighted by Gasteiger charge is 2.23. The molecule has 0 spiro atoms. The van der Waals surface area contributed by atoms with Crippen molar-refractivity contribution in [3.63, 3.8) is 0 Å². The van der Waals surface area contributed by atoms with Gasteiger partial charge in [-0.1, -0.05) is 35.3 Å². The van der Waals surface area contributed by atoms with E-state index in [9.17, 15) is 12.8 Å². The first-order valence-electron chi connectivity index (χ1n) is 5.75. The van der Waals surface area contributed by atoms with Gasteiger partial charge in [-0.3, -0.25) is 4.72 Å². The lowest BCUT2D eigenvalue weighted by Crippen LogP contribution is -2.16. The van der Waals surface area contributed by atoms with E-state index >= 15 is 0 Å². The Labute approximate surface area is 131 Å². The molecule has 0 bridgehead atoms. The molecule has 21 heavy (non-hydrogen) atoms. The fourth-order valence-electron chi connectivity index (χ4n) is 1.73. The minimum absolute atomic E-state index is 0.226. The van der Waals surface area contributed by atoms with Gasteiger partial charge in [0.05, 0.1) is 21.4 Å². The fraction of sp³-hybridized carbons (Fsp3) is 0.0769. The van der Waals surface area contributed by atoms with Gasteiger partial charge in [-0.2, -0.15) is 0 Å². The van der Waals surface area contributed by atoms with E-state index in [0.717, 1.165) is 12.1 Å². The summed E-state index contributed by atoms with van der Waals surface area (Å²) in [5, 5.41) is -0.823. The maximum absolute atomic E-state index is 13.6. The van der Waals surface area contributed by atoms with Crippen LogP contribution in [0.2, 0.25) is 10.0 Å². The van der Waals surface area contributed by atoms with Crippen LogP contribution in [0.5, 0.6) is 0 Å². The molecule has 112 valence electrons. The van der Waals surface area contributed by atoms with E-state index in [-0.39, 0.29) is 16.4 Å². The van der Waals surface area contributed by atoms with Crippen LogP contribution in [0.25, 0.3) is 0 Å². The molecular weight excluding hydrogens is 338 g/mol. The first kappa shape index (κ1) is 15.9. The third kappa shape index (κ3) is 3.07. The van der Waals surface area contributed by atoms with Gasteiger partial charge in [0.15, 0.2) is 5.82 Å². The second-order valence-electron chi connectivity index (χ2n) is 4.32. The Kier molecular flexibility index (Phi) is 4.32. The summed E-state index contributed by atoms with van der Waals surface area (Å²) in [5.41, 5.74) is 6.85. The normalized spacial score (nSPS) is 11.4. The maximum Gasteiger partial charge on any atom is 0.263 e. The smallest absolute Gasteiger partial charge is 0.263 e. The molecule has 0 unspecified atom stereocenters. The van der Waals surface area contributed by atoms with Crippen LogP contribution in [0.4, 0.5) is 15.8 Å². The molecule has 8 heteroatoms. The number of nitrogen functional groups attached to an aromatic ring is 1. The zero-order chi connectivity index (χ0) is 15.8. The molecule has 0 heterocycles. The zero-order valence-electron chi connectivity index (χ0n) is 10.8. The van der Waals surface area contributed by atoms with Crippen LogP contribution in [0.15, 0.2) is 35.2 Å². The van der Waals surface area contributed by atoms with Crippen molar-refractivity contribution >= 4 is 44.6 Å². The number of halogens is 3. The summed E-state index contributed by atoms with van der Waals surface area (Å²) in [4.78, 5) is -0.409. The van der Waals surface area contributed by atoms with Crippen molar-refractivity contribution in [1.29, 1.82) is 0 Å². The highest BCUT2D eigenvalue weighted by molar-refractivity contribution is 7.92. The van der Waals surface area contributed by atoms with E-state index in [4.69, 9.17) is 28.9 Å². The lowest BCUT2D eigenvalue weighted by molar-refractivity contribution is 0.595. The van der Waals surface area contributed by atoms with Crippen molar-refractivity contribution in [2.24, 2.45) is 0 Å². The highest BCUT2D eigenvalue weighted by Crippen LogP contribution is 2.32. The number of sulfonamides is 1. The second kappa shape index (κ2) is 5.71. The summed E-state index contributed by atoms with van der Waals surface area (Å²) in [6.07, 6.45) is 0. The minimum Gasteiger partial charge on any atom is -0.397 e. The van der Waals surface area contributed by atoms with Crippen molar-refractivity contribution in [2.75, 3.05) is 10.5 Å². The molecule has 0 fully saturated rings. The van der Waals surface area contributed by atoms with Crippen LogP contribution in [0.1, 0.15) is 5.56 Å². The van der Waals surface area contributed by atoms with Gasteiger partial charge in [-0.05, 0) is 30.7 Å². The molecule has 0 aliphatic rings. The molecule has 0 aromatic heterocycles. The largest absolute Gasteiger partial charge is 0.397 e. The molecule has 3 N–H and O–H groups in total. The number of rotatable bonds is 3. The molecule has 0 atom stereocenters. The molecule has 0 saturated heterocycles. The van der Waals surface area contributed by atoms with E-state index in [1.165, 1.54) is 0 Å². The van der Waals surface area contributed by atoms with E-state index in [1.807, 2.05) is 0 Å². The van der Waals surface area contributed by atoms with Crippen molar-refractivity contribution in [3.05, 3.63) is 51.8 Å². The summed E-state index contributed by atoms with van der Waals surface area (Å²) in [7, 11) is -4.09. The van der Waals surface area contributed by atoms with Gasteiger partial charge in [0.2, 0.25) is 0 Å². The van der Waals surface area contributed by atoms with Crippen LogP contribution < -0.4 is 10.5 Å². The maximum atomic E-state index is 13.6. The summed E-state index contributed by atoms with van der Waals surface area (Å²) in [6.45, 7) is 1.69. The van der Waals surface area contributed by atoms with Crippen molar-refractivity contribution in [1.82, 2.24) is 0 Å². The monoisotopic (exact) mass is 348 g/mol. The number of nitrogens with two attached hydrogens (primary N) is 1. The average Bonchev–Trinajstić information content (AvgIpc) is 2.40. The molecule has 0 amide bonds. The van der Waals surface area contributed by atoms with Crippen molar-refractivity contribution < 1.29 is 12.8 Å². The van der Waals surface area contributed by atoms with E-state index in [1.54, 1.807) is 25.1 Å².